The Balaban J connectivity index is 1.98. The van der Waals surface area contributed by atoms with E-state index in [1.54, 1.807) is 24.3 Å². The van der Waals surface area contributed by atoms with E-state index in [1.165, 1.54) is 17.9 Å². The van der Waals surface area contributed by atoms with Crippen LogP contribution in [0, 0.1) is 11.6 Å². The van der Waals surface area contributed by atoms with Gasteiger partial charge in [0, 0.05) is 30.3 Å². The summed E-state index contributed by atoms with van der Waals surface area (Å²) in [6, 6.07) is 8.40. The molecule has 1 amide bonds. The van der Waals surface area contributed by atoms with Crippen molar-refractivity contribution in [1.29, 1.82) is 0 Å². The van der Waals surface area contributed by atoms with Crippen LogP contribution in [0.5, 0.6) is 0 Å². The zero-order chi connectivity index (χ0) is 21.8. The van der Waals surface area contributed by atoms with Crippen molar-refractivity contribution in [2.24, 2.45) is 0 Å². The van der Waals surface area contributed by atoms with Crippen LogP contribution in [0.15, 0.2) is 36.4 Å². The standard InChI is InChI=1S/C22H23F2N3O2S/c1-4-26(5-2)10-11-27(21(29)16-8-6-15(7-9-16)14(3)28)22-25-20-18(24)12-17(23)13-19(20)30-22/h6-9,12-13H,4-5,10-11H2,1-3H3. The average Bonchev–Trinajstić information content (AvgIpc) is 3.15. The van der Waals surface area contributed by atoms with Gasteiger partial charge in [-0.2, -0.15) is 0 Å². The fourth-order valence-corrected chi connectivity index (χ4v) is 4.16. The zero-order valence-corrected chi connectivity index (χ0v) is 17.9. The summed E-state index contributed by atoms with van der Waals surface area (Å²) in [7, 11) is 0. The molecule has 2 aromatic carbocycles. The number of benzene rings is 2. The van der Waals surface area contributed by atoms with Gasteiger partial charge in [0.05, 0.1) is 4.70 Å². The molecular formula is C22H23F2N3O2S. The summed E-state index contributed by atoms with van der Waals surface area (Å²) >= 11 is 1.07. The molecule has 0 bridgehead atoms. The van der Waals surface area contributed by atoms with E-state index in [0.717, 1.165) is 30.5 Å². The lowest BCUT2D eigenvalue weighted by atomic mass is 10.1. The number of hydrogen-bond acceptors (Lipinski definition) is 5. The first-order chi connectivity index (χ1) is 14.3. The number of halogens is 2. The van der Waals surface area contributed by atoms with Crippen molar-refractivity contribution in [2.75, 3.05) is 31.1 Å². The molecule has 0 aliphatic rings. The Hall–Kier alpha value is -2.71. The lowest BCUT2D eigenvalue weighted by molar-refractivity contribution is 0.0980. The summed E-state index contributed by atoms with van der Waals surface area (Å²) in [5.74, 6) is -1.83. The second kappa shape index (κ2) is 9.40. The molecule has 30 heavy (non-hydrogen) atoms. The number of carbonyl (C=O) groups is 2. The van der Waals surface area contributed by atoms with Crippen LogP contribution in [0.3, 0.4) is 0 Å². The van der Waals surface area contributed by atoms with Gasteiger partial charge in [0.1, 0.15) is 11.3 Å². The highest BCUT2D eigenvalue weighted by molar-refractivity contribution is 7.22. The lowest BCUT2D eigenvalue weighted by Gasteiger charge is -2.24. The molecule has 0 N–H and O–H groups in total. The Morgan fingerprint density at radius 2 is 1.63 bits per heavy atom. The van der Waals surface area contributed by atoms with E-state index in [-0.39, 0.29) is 17.2 Å². The second-order valence-corrected chi connectivity index (χ2v) is 7.86. The van der Waals surface area contributed by atoms with E-state index in [0.29, 0.717) is 34.0 Å². The predicted molar refractivity (Wildman–Crippen MR) is 115 cm³/mol. The van der Waals surface area contributed by atoms with Gasteiger partial charge in [0.2, 0.25) is 0 Å². The number of anilines is 1. The Morgan fingerprint density at radius 3 is 2.23 bits per heavy atom. The Bertz CT molecular complexity index is 1060. The summed E-state index contributed by atoms with van der Waals surface area (Å²) in [6.45, 7) is 8.13. The third kappa shape index (κ3) is 4.71. The van der Waals surface area contributed by atoms with Gasteiger partial charge in [-0.15, -0.1) is 0 Å². The maximum Gasteiger partial charge on any atom is 0.260 e. The third-order valence-electron chi connectivity index (χ3n) is 4.95. The van der Waals surface area contributed by atoms with Gasteiger partial charge in [-0.05, 0) is 38.2 Å². The van der Waals surface area contributed by atoms with Crippen LogP contribution in [-0.2, 0) is 0 Å². The van der Waals surface area contributed by atoms with Gasteiger partial charge < -0.3 is 4.90 Å². The van der Waals surface area contributed by atoms with Crippen LogP contribution in [-0.4, -0.2) is 47.8 Å². The van der Waals surface area contributed by atoms with Gasteiger partial charge in [0.15, 0.2) is 16.7 Å². The van der Waals surface area contributed by atoms with Crippen LogP contribution < -0.4 is 4.90 Å². The van der Waals surface area contributed by atoms with Crippen molar-refractivity contribution >= 4 is 38.4 Å². The molecule has 5 nitrogen and oxygen atoms in total. The average molecular weight is 432 g/mol. The fourth-order valence-electron chi connectivity index (χ4n) is 3.13. The molecule has 0 aliphatic heterocycles. The highest BCUT2D eigenvalue weighted by atomic mass is 32.1. The number of Topliss-reactive ketones (excluding diaryl/α,β-unsaturated/α-hetero) is 1. The zero-order valence-electron chi connectivity index (χ0n) is 17.1. The van der Waals surface area contributed by atoms with Crippen molar-refractivity contribution in [3.05, 3.63) is 59.2 Å². The molecule has 3 rings (SSSR count). The third-order valence-corrected chi connectivity index (χ3v) is 5.98. The first-order valence-corrected chi connectivity index (χ1v) is 10.6. The Morgan fingerprint density at radius 1 is 1.00 bits per heavy atom. The summed E-state index contributed by atoms with van der Waals surface area (Å²) in [5, 5.41) is 0.308. The van der Waals surface area contributed by atoms with E-state index in [1.807, 2.05) is 13.8 Å². The maximum atomic E-state index is 14.2. The van der Waals surface area contributed by atoms with Crippen LogP contribution in [0.4, 0.5) is 13.9 Å². The number of amides is 1. The molecule has 0 saturated heterocycles. The summed E-state index contributed by atoms with van der Waals surface area (Å²) in [4.78, 5) is 32.7. The molecule has 0 unspecified atom stereocenters. The van der Waals surface area contributed by atoms with Crippen molar-refractivity contribution in [3.63, 3.8) is 0 Å². The molecule has 0 atom stereocenters. The summed E-state index contributed by atoms with van der Waals surface area (Å²) < 4.78 is 28.1. The summed E-state index contributed by atoms with van der Waals surface area (Å²) in [6.07, 6.45) is 0. The minimum absolute atomic E-state index is 0.0453. The van der Waals surface area contributed by atoms with Crippen LogP contribution >= 0.6 is 11.3 Å². The topological polar surface area (TPSA) is 53.5 Å². The number of fused-ring (bicyclic) bond motifs is 1. The molecular weight excluding hydrogens is 408 g/mol. The molecule has 0 spiro atoms. The first kappa shape index (κ1) is 22.0. The van der Waals surface area contributed by atoms with Crippen LogP contribution in [0.1, 0.15) is 41.5 Å². The van der Waals surface area contributed by atoms with Gasteiger partial charge in [-0.3, -0.25) is 14.5 Å². The molecule has 0 fully saturated rings. The minimum atomic E-state index is -0.755. The largest absolute Gasteiger partial charge is 0.302 e. The lowest BCUT2D eigenvalue weighted by Crippen LogP contribution is -2.38. The number of ketones is 1. The maximum absolute atomic E-state index is 14.2. The number of likely N-dealkylation sites (N-methyl/N-ethyl adjacent to an activating group) is 1. The molecule has 1 heterocycles. The monoisotopic (exact) mass is 431 g/mol. The molecule has 8 heteroatoms. The second-order valence-electron chi connectivity index (χ2n) is 6.85. The van der Waals surface area contributed by atoms with E-state index < -0.39 is 11.6 Å². The van der Waals surface area contributed by atoms with E-state index >= 15 is 0 Å². The molecule has 0 saturated carbocycles. The number of thiazole rings is 1. The highest BCUT2D eigenvalue weighted by Crippen LogP contribution is 2.32. The normalized spacial score (nSPS) is 11.3. The van der Waals surface area contributed by atoms with Crippen molar-refractivity contribution in [1.82, 2.24) is 9.88 Å². The molecule has 1 aromatic heterocycles. The molecule has 0 aliphatic carbocycles. The van der Waals surface area contributed by atoms with Crippen molar-refractivity contribution < 1.29 is 18.4 Å². The molecule has 3 aromatic rings. The van der Waals surface area contributed by atoms with Gasteiger partial charge in [-0.25, -0.2) is 13.8 Å². The van der Waals surface area contributed by atoms with Gasteiger partial charge in [-0.1, -0.05) is 37.3 Å². The minimum Gasteiger partial charge on any atom is -0.302 e. The van der Waals surface area contributed by atoms with Gasteiger partial charge in [0.25, 0.3) is 5.91 Å². The first-order valence-electron chi connectivity index (χ1n) is 9.74. The SMILES string of the molecule is CCN(CC)CCN(C(=O)c1ccc(C(C)=O)cc1)c1nc2c(F)cc(F)cc2s1. The van der Waals surface area contributed by atoms with Crippen molar-refractivity contribution in [2.45, 2.75) is 20.8 Å². The quantitative estimate of drug-likeness (QED) is 0.483. The number of nitrogens with zero attached hydrogens (tertiary/aromatic N) is 3. The molecule has 158 valence electrons. The van der Waals surface area contributed by atoms with Crippen LogP contribution in [0.25, 0.3) is 10.2 Å². The van der Waals surface area contributed by atoms with Crippen molar-refractivity contribution in [3.8, 4) is 0 Å². The number of hydrogen-bond donors (Lipinski definition) is 0. The highest BCUT2D eigenvalue weighted by Gasteiger charge is 2.23. The number of rotatable bonds is 8. The van der Waals surface area contributed by atoms with Crippen LogP contribution in [0.2, 0.25) is 0 Å². The smallest absolute Gasteiger partial charge is 0.260 e. The van der Waals surface area contributed by atoms with E-state index in [4.69, 9.17) is 0 Å². The Labute approximate surface area is 177 Å². The number of aromatic nitrogens is 1. The Kier molecular flexibility index (Phi) is 6.89. The van der Waals surface area contributed by atoms with Gasteiger partial charge >= 0.3 is 0 Å². The molecule has 0 radical (unpaired) electrons. The predicted octanol–water partition coefficient (Wildman–Crippen LogP) is 4.77. The fraction of sp³-hybridized carbons (Fsp3) is 0.318. The number of carbonyl (C=O) groups excluding carboxylic acids is 2. The van der Waals surface area contributed by atoms with E-state index in [2.05, 4.69) is 9.88 Å². The summed E-state index contributed by atoms with van der Waals surface area (Å²) in [5.41, 5.74) is 0.952. The van der Waals surface area contributed by atoms with E-state index in [9.17, 15) is 18.4 Å².